The van der Waals surface area contributed by atoms with E-state index in [-0.39, 0.29) is 0 Å². The number of esters is 1. The minimum atomic E-state index is -0.447. The maximum atomic E-state index is 11.4. The van der Waals surface area contributed by atoms with Crippen molar-refractivity contribution in [2.45, 2.75) is 0 Å². The Morgan fingerprint density at radius 3 is 2.37 bits per heavy atom. The van der Waals surface area contributed by atoms with Crippen LogP contribution in [0.25, 0.3) is 5.57 Å². The average molecular weight is 254 g/mol. The molecule has 0 aliphatic rings. The summed E-state index contributed by atoms with van der Waals surface area (Å²) in [7, 11) is 1.33. The second-order valence-corrected chi connectivity index (χ2v) is 3.91. The zero-order valence-electron chi connectivity index (χ0n) is 10.6. The molecule has 0 aliphatic heterocycles. The Morgan fingerprint density at radius 2 is 1.68 bits per heavy atom. The van der Waals surface area contributed by atoms with Crippen molar-refractivity contribution in [1.29, 1.82) is 0 Å². The maximum absolute atomic E-state index is 11.4. The number of hydrogen-bond acceptors (Lipinski definition) is 3. The highest BCUT2D eigenvalue weighted by Crippen LogP contribution is 2.24. The van der Waals surface area contributed by atoms with Crippen molar-refractivity contribution >= 4 is 11.5 Å². The molecule has 0 fully saturated rings. The van der Waals surface area contributed by atoms with E-state index in [2.05, 4.69) is 11.3 Å². The van der Waals surface area contributed by atoms with Gasteiger partial charge in [0.05, 0.1) is 12.7 Å². The molecule has 0 saturated heterocycles. The summed E-state index contributed by atoms with van der Waals surface area (Å²) < 4.78 is 10.3. The molecule has 0 spiro atoms. The second-order valence-electron chi connectivity index (χ2n) is 3.91. The normalized spacial score (nSPS) is 9.74. The lowest BCUT2D eigenvalue weighted by atomic mass is 10.1. The molecule has 0 aromatic heterocycles. The quantitative estimate of drug-likeness (QED) is 0.617. The van der Waals surface area contributed by atoms with Gasteiger partial charge in [0, 0.05) is 0 Å². The van der Waals surface area contributed by atoms with E-state index in [1.165, 1.54) is 7.11 Å². The Labute approximate surface area is 112 Å². The number of methoxy groups -OCH3 is 1. The van der Waals surface area contributed by atoms with E-state index in [9.17, 15) is 4.79 Å². The zero-order valence-corrected chi connectivity index (χ0v) is 10.6. The van der Waals surface area contributed by atoms with Crippen LogP contribution in [0.4, 0.5) is 0 Å². The van der Waals surface area contributed by atoms with E-state index >= 15 is 0 Å². The molecule has 0 unspecified atom stereocenters. The smallest absolute Gasteiger partial charge is 0.337 e. The molecular weight excluding hydrogens is 240 g/mol. The first-order valence-corrected chi connectivity index (χ1v) is 5.81. The number of carbonyl (C=O) groups excluding carboxylic acids is 1. The van der Waals surface area contributed by atoms with Crippen LogP contribution in [0.5, 0.6) is 11.5 Å². The lowest BCUT2D eigenvalue weighted by Gasteiger charge is -2.08. The molecule has 0 radical (unpaired) electrons. The highest BCUT2D eigenvalue weighted by atomic mass is 16.5. The van der Waals surface area contributed by atoms with E-state index in [4.69, 9.17) is 4.74 Å². The Kier molecular flexibility index (Phi) is 3.98. The standard InChI is InChI=1S/C16H14O3/c1-12(16(17)18-2)13-7-6-10-15(11-13)19-14-8-4-3-5-9-14/h3-11H,1H2,2H3. The Bertz CT molecular complexity index is 588. The van der Waals surface area contributed by atoms with Crippen LogP contribution in [-0.4, -0.2) is 13.1 Å². The topological polar surface area (TPSA) is 35.5 Å². The van der Waals surface area contributed by atoms with Gasteiger partial charge < -0.3 is 9.47 Å². The molecule has 0 amide bonds. The van der Waals surface area contributed by atoms with E-state index in [1.807, 2.05) is 42.5 Å². The van der Waals surface area contributed by atoms with Gasteiger partial charge in [0.2, 0.25) is 0 Å². The fourth-order valence-corrected chi connectivity index (χ4v) is 1.61. The van der Waals surface area contributed by atoms with Gasteiger partial charge in [0.15, 0.2) is 0 Å². The summed E-state index contributed by atoms with van der Waals surface area (Å²) in [5, 5.41) is 0. The summed E-state index contributed by atoms with van der Waals surface area (Å²) in [6, 6.07) is 16.6. The predicted octanol–water partition coefficient (Wildman–Crippen LogP) is 3.67. The maximum Gasteiger partial charge on any atom is 0.337 e. The third-order valence-corrected chi connectivity index (χ3v) is 2.59. The van der Waals surface area contributed by atoms with E-state index in [0.29, 0.717) is 16.9 Å². The van der Waals surface area contributed by atoms with Gasteiger partial charge in [-0.3, -0.25) is 0 Å². The molecule has 0 saturated carbocycles. The highest BCUT2D eigenvalue weighted by Gasteiger charge is 2.10. The molecule has 0 heterocycles. The fraction of sp³-hybridized carbons (Fsp3) is 0.0625. The number of rotatable bonds is 4. The number of carbonyl (C=O) groups is 1. The van der Waals surface area contributed by atoms with Crippen molar-refractivity contribution in [3.63, 3.8) is 0 Å². The van der Waals surface area contributed by atoms with Crippen molar-refractivity contribution in [2.75, 3.05) is 7.11 Å². The van der Waals surface area contributed by atoms with Crippen LogP contribution in [0, 0.1) is 0 Å². The number of benzene rings is 2. The highest BCUT2D eigenvalue weighted by molar-refractivity contribution is 6.15. The van der Waals surface area contributed by atoms with Gasteiger partial charge in [-0.15, -0.1) is 0 Å². The Morgan fingerprint density at radius 1 is 1.00 bits per heavy atom. The van der Waals surface area contributed by atoms with Gasteiger partial charge in [-0.2, -0.15) is 0 Å². The molecular formula is C16H14O3. The molecule has 2 rings (SSSR count). The molecule has 2 aromatic rings. The van der Waals surface area contributed by atoms with Crippen molar-refractivity contribution in [1.82, 2.24) is 0 Å². The molecule has 0 atom stereocenters. The molecule has 2 aromatic carbocycles. The molecule has 0 N–H and O–H groups in total. The summed E-state index contributed by atoms with van der Waals surface area (Å²) in [6.45, 7) is 3.71. The molecule has 19 heavy (non-hydrogen) atoms. The van der Waals surface area contributed by atoms with Crippen LogP contribution < -0.4 is 4.74 Å². The van der Waals surface area contributed by atoms with Gasteiger partial charge in [0.25, 0.3) is 0 Å². The van der Waals surface area contributed by atoms with Gasteiger partial charge in [-0.25, -0.2) is 4.79 Å². The Hall–Kier alpha value is -2.55. The van der Waals surface area contributed by atoms with E-state index < -0.39 is 5.97 Å². The molecule has 96 valence electrons. The first-order valence-electron chi connectivity index (χ1n) is 5.81. The van der Waals surface area contributed by atoms with Crippen LogP contribution in [0.3, 0.4) is 0 Å². The summed E-state index contributed by atoms with van der Waals surface area (Å²) in [4.78, 5) is 11.4. The van der Waals surface area contributed by atoms with Gasteiger partial charge >= 0.3 is 5.97 Å². The van der Waals surface area contributed by atoms with Gasteiger partial charge in [-0.05, 0) is 29.8 Å². The SMILES string of the molecule is C=C(C(=O)OC)c1cccc(Oc2ccccc2)c1. The van der Waals surface area contributed by atoms with Crippen LogP contribution in [0.1, 0.15) is 5.56 Å². The van der Waals surface area contributed by atoms with Crippen molar-refractivity contribution in [2.24, 2.45) is 0 Å². The molecule has 0 bridgehead atoms. The number of hydrogen-bond donors (Lipinski definition) is 0. The minimum Gasteiger partial charge on any atom is -0.465 e. The average Bonchev–Trinajstić information content (AvgIpc) is 2.47. The summed E-state index contributed by atoms with van der Waals surface area (Å²) in [5.74, 6) is 0.939. The Balaban J connectivity index is 2.20. The molecule has 3 heteroatoms. The predicted molar refractivity (Wildman–Crippen MR) is 74.0 cm³/mol. The first-order chi connectivity index (χ1) is 9.20. The van der Waals surface area contributed by atoms with Crippen LogP contribution in [0.2, 0.25) is 0 Å². The van der Waals surface area contributed by atoms with Crippen molar-refractivity contribution in [3.05, 3.63) is 66.7 Å². The zero-order chi connectivity index (χ0) is 13.7. The largest absolute Gasteiger partial charge is 0.465 e. The third kappa shape index (κ3) is 3.22. The fourth-order valence-electron chi connectivity index (χ4n) is 1.61. The van der Waals surface area contributed by atoms with Crippen LogP contribution in [0.15, 0.2) is 61.2 Å². The number of ether oxygens (including phenoxy) is 2. The molecule has 0 aliphatic carbocycles. The van der Waals surface area contributed by atoms with E-state index in [1.54, 1.807) is 12.1 Å². The monoisotopic (exact) mass is 254 g/mol. The minimum absolute atomic E-state index is 0.306. The lowest BCUT2D eigenvalue weighted by molar-refractivity contribution is -0.133. The van der Waals surface area contributed by atoms with Crippen LogP contribution in [-0.2, 0) is 9.53 Å². The molecule has 3 nitrogen and oxygen atoms in total. The van der Waals surface area contributed by atoms with Gasteiger partial charge in [-0.1, -0.05) is 36.9 Å². The number of para-hydroxylation sites is 1. The van der Waals surface area contributed by atoms with Crippen LogP contribution >= 0.6 is 0 Å². The third-order valence-electron chi connectivity index (χ3n) is 2.59. The van der Waals surface area contributed by atoms with E-state index in [0.717, 1.165) is 5.75 Å². The summed E-state index contributed by atoms with van der Waals surface area (Å²) in [5.41, 5.74) is 0.987. The van der Waals surface area contributed by atoms with Crippen molar-refractivity contribution in [3.8, 4) is 11.5 Å². The van der Waals surface area contributed by atoms with Crippen molar-refractivity contribution < 1.29 is 14.3 Å². The summed E-state index contributed by atoms with van der Waals surface area (Å²) in [6.07, 6.45) is 0. The lowest BCUT2D eigenvalue weighted by Crippen LogP contribution is -2.02. The first kappa shape index (κ1) is 12.9. The summed E-state index contributed by atoms with van der Waals surface area (Å²) >= 11 is 0. The van der Waals surface area contributed by atoms with Gasteiger partial charge in [0.1, 0.15) is 11.5 Å². The second kappa shape index (κ2) is 5.87.